The van der Waals surface area contributed by atoms with Crippen LogP contribution in [-0.2, 0) is 19.7 Å². The van der Waals surface area contributed by atoms with Crippen molar-refractivity contribution in [1.82, 2.24) is 15.1 Å². The van der Waals surface area contributed by atoms with Crippen molar-refractivity contribution in [2.75, 3.05) is 33.2 Å². The molecule has 0 unspecified atom stereocenters. The van der Waals surface area contributed by atoms with Gasteiger partial charge in [0, 0.05) is 51.9 Å². The summed E-state index contributed by atoms with van der Waals surface area (Å²) in [4.78, 5) is 9.08. The van der Waals surface area contributed by atoms with Crippen molar-refractivity contribution in [2.24, 2.45) is 4.99 Å². The third-order valence-electron chi connectivity index (χ3n) is 4.86. The van der Waals surface area contributed by atoms with Gasteiger partial charge in [-0.2, -0.15) is 0 Å². The SMILES string of the molecule is CN=C(NCc1ccc(F)c(CO)c1)N1CCN(Cc2ccccc2)CC1. The minimum absolute atomic E-state index is 0.294. The second-order valence-corrected chi connectivity index (χ2v) is 6.73. The molecule has 5 nitrogen and oxygen atoms in total. The van der Waals surface area contributed by atoms with E-state index in [9.17, 15) is 9.50 Å². The molecule has 0 saturated carbocycles. The van der Waals surface area contributed by atoms with Gasteiger partial charge in [-0.1, -0.05) is 36.4 Å². The van der Waals surface area contributed by atoms with E-state index in [0.29, 0.717) is 12.1 Å². The number of aliphatic hydroxyl groups excluding tert-OH is 1. The Morgan fingerprint density at radius 2 is 1.81 bits per heavy atom. The van der Waals surface area contributed by atoms with Crippen molar-refractivity contribution in [3.63, 3.8) is 0 Å². The number of hydrogen-bond acceptors (Lipinski definition) is 3. The van der Waals surface area contributed by atoms with Crippen LogP contribution >= 0.6 is 0 Å². The van der Waals surface area contributed by atoms with Crippen molar-refractivity contribution >= 4 is 5.96 Å². The summed E-state index contributed by atoms with van der Waals surface area (Å²) in [6, 6.07) is 15.3. The zero-order valence-corrected chi connectivity index (χ0v) is 15.7. The van der Waals surface area contributed by atoms with E-state index in [-0.39, 0.29) is 12.4 Å². The van der Waals surface area contributed by atoms with Crippen LogP contribution < -0.4 is 5.32 Å². The first kappa shape index (κ1) is 19.3. The lowest BCUT2D eigenvalue weighted by atomic mass is 10.1. The molecule has 2 aromatic carbocycles. The molecule has 2 aromatic rings. The first-order chi connectivity index (χ1) is 13.2. The van der Waals surface area contributed by atoms with Gasteiger partial charge in [-0.05, 0) is 23.3 Å². The number of guanidine groups is 1. The molecule has 0 radical (unpaired) electrons. The number of halogens is 1. The molecule has 144 valence electrons. The van der Waals surface area contributed by atoms with Gasteiger partial charge in [0.25, 0.3) is 0 Å². The fraction of sp³-hybridized carbons (Fsp3) is 0.381. The van der Waals surface area contributed by atoms with Crippen molar-refractivity contribution < 1.29 is 9.50 Å². The molecule has 1 heterocycles. The van der Waals surface area contributed by atoms with Crippen LogP contribution in [0.3, 0.4) is 0 Å². The number of nitrogens with zero attached hydrogens (tertiary/aromatic N) is 3. The normalized spacial score (nSPS) is 15.8. The Morgan fingerprint density at radius 3 is 2.48 bits per heavy atom. The zero-order chi connectivity index (χ0) is 19.1. The van der Waals surface area contributed by atoms with E-state index in [4.69, 9.17) is 0 Å². The minimum atomic E-state index is -0.375. The molecule has 2 N–H and O–H groups in total. The topological polar surface area (TPSA) is 51.1 Å². The monoisotopic (exact) mass is 370 g/mol. The molecular formula is C21H27FN4O. The molecule has 1 aliphatic rings. The van der Waals surface area contributed by atoms with Gasteiger partial charge < -0.3 is 15.3 Å². The smallest absolute Gasteiger partial charge is 0.194 e. The summed E-state index contributed by atoms with van der Waals surface area (Å²) in [5, 5.41) is 12.5. The first-order valence-electron chi connectivity index (χ1n) is 9.29. The summed E-state index contributed by atoms with van der Waals surface area (Å²) >= 11 is 0. The molecule has 27 heavy (non-hydrogen) atoms. The van der Waals surface area contributed by atoms with E-state index < -0.39 is 0 Å². The van der Waals surface area contributed by atoms with Gasteiger partial charge in [-0.15, -0.1) is 0 Å². The van der Waals surface area contributed by atoms with Crippen LogP contribution in [0, 0.1) is 5.82 Å². The van der Waals surface area contributed by atoms with Crippen LogP contribution in [0.5, 0.6) is 0 Å². The standard InChI is InChI=1S/C21H27FN4O/c1-23-21(24-14-18-7-8-20(22)19(13-18)16-27)26-11-9-25(10-12-26)15-17-5-3-2-4-6-17/h2-8,13,27H,9-12,14-16H2,1H3,(H,23,24). The van der Waals surface area contributed by atoms with Crippen molar-refractivity contribution in [2.45, 2.75) is 19.7 Å². The quantitative estimate of drug-likeness (QED) is 0.626. The average Bonchev–Trinajstić information content (AvgIpc) is 2.71. The fourth-order valence-corrected chi connectivity index (χ4v) is 3.33. The number of benzene rings is 2. The van der Waals surface area contributed by atoms with Gasteiger partial charge in [0.05, 0.1) is 6.61 Å². The summed E-state index contributed by atoms with van der Waals surface area (Å²) in [6.07, 6.45) is 0. The summed E-state index contributed by atoms with van der Waals surface area (Å²) in [5.74, 6) is 0.476. The molecular weight excluding hydrogens is 343 g/mol. The van der Waals surface area contributed by atoms with Gasteiger partial charge in [-0.3, -0.25) is 9.89 Å². The maximum Gasteiger partial charge on any atom is 0.194 e. The largest absolute Gasteiger partial charge is 0.392 e. The summed E-state index contributed by atoms with van der Waals surface area (Å²) in [5.41, 5.74) is 2.58. The maximum absolute atomic E-state index is 13.5. The summed E-state index contributed by atoms with van der Waals surface area (Å²) < 4.78 is 13.5. The lowest BCUT2D eigenvalue weighted by Gasteiger charge is -2.36. The molecule has 1 saturated heterocycles. The van der Waals surface area contributed by atoms with Gasteiger partial charge >= 0.3 is 0 Å². The Bertz CT molecular complexity index is 758. The van der Waals surface area contributed by atoms with Crippen LogP contribution in [-0.4, -0.2) is 54.1 Å². The van der Waals surface area contributed by atoms with Crippen LogP contribution in [0.15, 0.2) is 53.5 Å². The molecule has 1 fully saturated rings. The molecule has 0 aromatic heterocycles. The van der Waals surface area contributed by atoms with Crippen LogP contribution in [0.2, 0.25) is 0 Å². The Hall–Kier alpha value is -2.44. The zero-order valence-electron chi connectivity index (χ0n) is 15.7. The van der Waals surface area contributed by atoms with E-state index >= 15 is 0 Å². The van der Waals surface area contributed by atoms with E-state index in [0.717, 1.165) is 44.2 Å². The number of aliphatic hydroxyl groups is 1. The van der Waals surface area contributed by atoms with Gasteiger partial charge in [-0.25, -0.2) is 4.39 Å². The highest BCUT2D eigenvalue weighted by molar-refractivity contribution is 5.80. The number of piperazine rings is 1. The predicted octanol–water partition coefficient (Wildman–Crippen LogP) is 2.21. The molecule has 0 aliphatic carbocycles. The third kappa shape index (κ3) is 5.28. The lowest BCUT2D eigenvalue weighted by molar-refractivity contribution is 0.172. The van der Waals surface area contributed by atoms with Gasteiger partial charge in [0.15, 0.2) is 5.96 Å². The number of nitrogens with one attached hydrogen (secondary N) is 1. The highest BCUT2D eigenvalue weighted by Gasteiger charge is 2.19. The second-order valence-electron chi connectivity index (χ2n) is 6.73. The minimum Gasteiger partial charge on any atom is -0.392 e. The van der Waals surface area contributed by atoms with E-state index in [2.05, 4.69) is 44.4 Å². The molecule has 3 rings (SSSR count). The molecule has 0 bridgehead atoms. The summed E-state index contributed by atoms with van der Waals surface area (Å²) in [6.45, 7) is 5.03. The van der Waals surface area contributed by atoms with Gasteiger partial charge in [0.2, 0.25) is 0 Å². The van der Waals surface area contributed by atoms with Crippen molar-refractivity contribution in [3.05, 3.63) is 71.0 Å². The maximum atomic E-state index is 13.5. The Balaban J connectivity index is 1.50. The fourth-order valence-electron chi connectivity index (χ4n) is 3.33. The average molecular weight is 370 g/mol. The highest BCUT2D eigenvalue weighted by atomic mass is 19.1. The second kappa shape index (κ2) is 9.48. The lowest BCUT2D eigenvalue weighted by Crippen LogP contribution is -2.52. The van der Waals surface area contributed by atoms with Crippen LogP contribution in [0.1, 0.15) is 16.7 Å². The summed E-state index contributed by atoms with van der Waals surface area (Å²) in [7, 11) is 1.78. The molecule has 0 amide bonds. The molecule has 0 atom stereocenters. The van der Waals surface area contributed by atoms with Crippen molar-refractivity contribution in [1.29, 1.82) is 0 Å². The molecule has 1 aliphatic heterocycles. The Kier molecular flexibility index (Phi) is 6.79. The number of hydrogen-bond donors (Lipinski definition) is 2. The van der Waals surface area contributed by atoms with Crippen LogP contribution in [0.25, 0.3) is 0 Å². The molecule has 6 heteroatoms. The van der Waals surface area contributed by atoms with Gasteiger partial charge in [0.1, 0.15) is 5.82 Å². The molecule has 0 spiro atoms. The number of aliphatic imine (C=N–C) groups is 1. The van der Waals surface area contributed by atoms with E-state index in [1.54, 1.807) is 19.2 Å². The van der Waals surface area contributed by atoms with Crippen molar-refractivity contribution in [3.8, 4) is 0 Å². The van der Waals surface area contributed by atoms with E-state index in [1.807, 2.05) is 6.07 Å². The Labute approximate surface area is 160 Å². The van der Waals surface area contributed by atoms with Crippen LogP contribution in [0.4, 0.5) is 4.39 Å². The first-order valence-corrected chi connectivity index (χ1v) is 9.29. The predicted molar refractivity (Wildman–Crippen MR) is 106 cm³/mol. The highest BCUT2D eigenvalue weighted by Crippen LogP contribution is 2.12. The van der Waals surface area contributed by atoms with E-state index in [1.165, 1.54) is 11.6 Å². The third-order valence-corrected chi connectivity index (χ3v) is 4.86. The Morgan fingerprint density at radius 1 is 1.07 bits per heavy atom. The number of rotatable bonds is 5.